The van der Waals surface area contributed by atoms with Crippen LogP contribution in [0.3, 0.4) is 0 Å². The van der Waals surface area contributed by atoms with Crippen LogP contribution in [-0.2, 0) is 24.7 Å². The van der Waals surface area contributed by atoms with Crippen molar-refractivity contribution in [1.82, 2.24) is 14.6 Å². The fraction of sp³-hybridized carbons (Fsp3) is 0.556. The highest BCUT2D eigenvalue weighted by Crippen LogP contribution is 2.49. The molecule has 0 aliphatic carbocycles. The summed E-state index contributed by atoms with van der Waals surface area (Å²) < 4.78 is 26.6. The van der Waals surface area contributed by atoms with Crippen molar-refractivity contribution in [2.75, 3.05) is 32.2 Å². The molecule has 0 saturated carbocycles. The van der Waals surface area contributed by atoms with Crippen LogP contribution in [0.15, 0.2) is 53.4 Å². The van der Waals surface area contributed by atoms with Crippen LogP contribution in [0.5, 0.6) is 0 Å². The molecule has 9 nitrogen and oxygen atoms in total. The van der Waals surface area contributed by atoms with Gasteiger partial charge in [0.2, 0.25) is 5.79 Å². The molecule has 9 heteroatoms. The predicted octanol–water partition coefficient (Wildman–Crippen LogP) is 3.93. The maximum Gasteiger partial charge on any atom is 0.243 e. The zero-order valence-electron chi connectivity index (χ0n) is 22.4. The standard InChI is InChI=1S/C27H40N4O5/c1-18(2)10-13-33-16-22-24(34-14-11-19(3)4)26(7,35-15-12-20(5)6)27(32,36-22)23-9-8-21-25(28)29-17-30-31(21)23/h8-12,17,22,24,32H,13-16H2,1-7H3,(H2,28,29,30)/t22-,24-,26-,27?/m1/s1. The number of hydrogen-bond acceptors (Lipinski definition) is 8. The zero-order valence-corrected chi connectivity index (χ0v) is 22.4. The average Bonchev–Trinajstić information content (AvgIpc) is 3.31. The van der Waals surface area contributed by atoms with Gasteiger partial charge in [-0.2, -0.15) is 5.10 Å². The first-order valence-electron chi connectivity index (χ1n) is 12.2. The minimum absolute atomic E-state index is 0.202. The average molecular weight is 501 g/mol. The van der Waals surface area contributed by atoms with Crippen molar-refractivity contribution in [2.45, 2.75) is 72.1 Å². The van der Waals surface area contributed by atoms with E-state index in [1.807, 2.05) is 59.8 Å². The number of nitrogen functional groups attached to an aromatic ring is 1. The molecule has 3 rings (SSSR count). The first-order chi connectivity index (χ1) is 17.0. The number of ether oxygens (including phenoxy) is 4. The van der Waals surface area contributed by atoms with Crippen molar-refractivity contribution in [1.29, 1.82) is 0 Å². The van der Waals surface area contributed by atoms with Crippen molar-refractivity contribution in [3.8, 4) is 0 Å². The highest BCUT2D eigenvalue weighted by Gasteiger charge is 2.66. The second kappa shape index (κ2) is 11.7. The third-order valence-corrected chi connectivity index (χ3v) is 6.24. The number of fused-ring (bicyclic) bond motifs is 1. The second-order valence-corrected chi connectivity index (χ2v) is 10.0. The molecule has 36 heavy (non-hydrogen) atoms. The van der Waals surface area contributed by atoms with Gasteiger partial charge in [0, 0.05) is 0 Å². The topological polar surface area (TPSA) is 113 Å². The molecular weight excluding hydrogens is 460 g/mol. The second-order valence-electron chi connectivity index (χ2n) is 10.0. The van der Waals surface area contributed by atoms with Gasteiger partial charge in [-0.15, -0.1) is 0 Å². The van der Waals surface area contributed by atoms with Crippen molar-refractivity contribution in [2.24, 2.45) is 0 Å². The number of nitrogens with two attached hydrogens (primary N) is 1. The first-order valence-corrected chi connectivity index (χ1v) is 12.2. The molecule has 2 aromatic rings. The van der Waals surface area contributed by atoms with E-state index in [1.54, 1.807) is 19.1 Å². The van der Waals surface area contributed by atoms with E-state index in [2.05, 4.69) is 10.1 Å². The summed E-state index contributed by atoms with van der Waals surface area (Å²) in [7, 11) is 0. The Morgan fingerprint density at radius 1 is 1.06 bits per heavy atom. The molecule has 3 N–H and O–H groups in total. The van der Waals surface area contributed by atoms with Crippen LogP contribution in [0.4, 0.5) is 5.82 Å². The Morgan fingerprint density at radius 2 is 1.69 bits per heavy atom. The summed E-state index contributed by atoms with van der Waals surface area (Å²) in [6.07, 6.45) is 6.00. The van der Waals surface area contributed by atoms with E-state index in [1.165, 1.54) is 10.8 Å². The van der Waals surface area contributed by atoms with Gasteiger partial charge in [-0.05, 0) is 60.6 Å². The van der Waals surface area contributed by atoms with Crippen LogP contribution in [0.25, 0.3) is 5.52 Å². The van der Waals surface area contributed by atoms with Gasteiger partial charge in [0.05, 0.1) is 26.4 Å². The maximum absolute atomic E-state index is 12.3. The molecule has 4 atom stereocenters. The summed E-state index contributed by atoms with van der Waals surface area (Å²) in [6, 6.07) is 3.47. The summed E-state index contributed by atoms with van der Waals surface area (Å²) in [5, 5.41) is 16.6. The van der Waals surface area contributed by atoms with E-state index in [0.717, 1.165) is 16.7 Å². The number of hydrogen-bond donors (Lipinski definition) is 2. The van der Waals surface area contributed by atoms with Gasteiger partial charge in [-0.1, -0.05) is 34.9 Å². The van der Waals surface area contributed by atoms with Crippen molar-refractivity contribution < 1.29 is 24.1 Å². The Labute approximate surface area is 213 Å². The summed E-state index contributed by atoms with van der Waals surface area (Å²) in [5.74, 6) is -1.63. The lowest BCUT2D eigenvalue weighted by molar-refractivity contribution is -0.288. The first kappa shape index (κ1) is 28.0. The molecule has 2 aromatic heterocycles. The Kier molecular flexibility index (Phi) is 9.08. The zero-order chi connectivity index (χ0) is 26.5. The van der Waals surface area contributed by atoms with Gasteiger partial charge in [-0.25, -0.2) is 9.50 Å². The van der Waals surface area contributed by atoms with Gasteiger partial charge in [-0.3, -0.25) is 0 Å². The third kappa shape index (κ3) is 5.87. The molecule has 1 unspecified atom stereocenters. The fourth-order valence-electron chi connectivity index (χ4n) is 4.15. The molecule has 1 aliphatic heterocycles. The van der Waals surface area contributed by atoms with Crippen molar-refractivity contribution >= 4 is 11.3 Å². The van der Waals surface area contributed by atoms with Gasteiger partial charge < -0.3 is 29.8 Å². The Hall–Kier alpha value is -2.56. The van der Waals surface area contributed by atoms with Crippen LogP contribution in [0.1, 0.15) is 54.2 Å². The third-order valence-electron chi connectivity index (χ3n) is 6.24. The molecular formula is C27H40N4O5. The van der Waals surface area contributed by atoms with Gasteiger partial charge in [0.15, 0.2) is 11.4 Å². The summed E-state index contributed by atoms with van der Waals surface area (Å²) in [5.41, 5.74) is 9.04. The van der Waals surface area contributed by atoms with E-state index in [4.69, 9.17) is 24.7 Å². The Morgan fingerprint density at radius 3 is 2.36 bits per heavy atom. The SMILES string of the molecule is CC(C)=CCOC[C@H]1OC(O)(c2ccc3c(N)ncnn23)[C@](C)(OCC=C(C)C)[C@@H]1OCC=C(C)C. The number of allylic oxidation sites excluding steroid dienone is 3. The minimum atomic E-state index is -1.92. The molecule has 0 amide bonds. The molecule has 0 spiro atoms. The van der Waals surface area contributed by atoms with Gasteiger partial charge in [0.25, 0.3) is 0 Å². The molecule has 1 saturated heterocycles. The lowest BCUT2D eigenvalue weighted by atomic mass is 9.87. The minimum Gasteiger partial charge on any atom is -0.382 e. The van der Waals surface area contributed by atoms with Crippen molar-refractivity contribution in [3.63, 3.8) is 0 Å². The monoisotopic (exact) mass is 500 g/mol. The van der Waals surface area contributed by atoms with Crippen LogP contribution in [0, 0.1) is 0 Å². The Bertz CT molecular complexity index is 1130. The molecule has 0 radical (unpaired) electrons. The van der Waals surface area contributed by atoms with Crippen LogP contribution in [-0.4, -0.2) is 63.9 Å². The largest absolute Gasteiger partial charge is 0.382 e. The molecule has 1 aliphatic rings. The van der Waals surface area contributed by atoms with E-state index in [0.29, 0.717) is 30.2 Å². The molecule has 0 aromatic carbocycles. The van der Waals surface area contributed by atoms with Gasteiger partial charge in [0.1, 0.15) is 29.7 Å². The fourth-order valence-corrected chi connectivity index (χ4v) is 4.15. The number of aromatic nitrogens is 3. The molecule has 198 valence electrons. The summed E-state index contributed by atoms with van der Waals surface area (Å²) in [4.78, 5) is 4.05. The van der Waals surface area contributed by atoms with E-state index in [9.17, 15) is 5.11 Å². The normalized spacial score (nSPS) is 25.7. The van der Waals surface area contributed by atoms with Gasteiger partial charge >= 0.3 is 0 Å². The van der Waals surface area contributed by atoms with E-state index in [-0.39, 0.29) is 13.2 Å². The highest BCUT2D eigenvalue weighted by molar-refractivity contribution is 5.65. The summed E-state index contributed by atoms with van der Waals surface area (Å²) in [6.45, 7) is 15.1. The lowest BCUT2D eigenvalue weighted by Crippen LogP contribution is -2.56. The number of rotatable bonds is 11. The van der Waals surface area contributed by atoms with Crippen LogP contribution < -0.4 is 5.73 Å². The molecule has 1 fully saturated rings. The highest BCUT2D eigenvalue weighted by atomic mass is 16.7. The number of anilines is 1. The number of aliphatic hydroxyl groups is 1. The smallest absolute Gasteiger partial charge is 0.243 e. The predicted molar refractivity (Wildman–Crippen MR) is 139 cm³/mol. The lowest BCUT2D eigenvalue weighted by Gasteiger charge is -2.39. The van der Waals surface area contributed by atoms with E-state index >= 15 is 0 Å². The van der Waals surface area contributed by atoms with E-state index < -0.39 is 23.6 Å². The maximum atomic E-state index is 12.3. The Balaban J connectivity index is 2.07. The quantitative estimate of drug-likeness (QED) is 0.352. The molecule has 3 heterocycles. The number of nitrogens with zero attached hydrogens (tertiary/aromatic N) is 3. The molecule has 0 bridgehead atoms. The van der Waals surface area contributed by atoms with Crippen molar-refractivity contribution in [3.05, 3.63) is 59.1 Å². The van der Waals surface area contributed by atoms with Crippen LogP contribution >= 0.6 is 0 Å². The summed E-state index contributed by atoms with van der Waals surface area (Å²) >= 11 is 0. The van der Waals surface area contributed by atoms with Crippen LogP contribution in [0.2, 0.25) is 0 Å².